The number of fused-ring (bicyclic) bond motifs is 1. The van der Waals surface area contributed by atoms with Crippen LogP contribution in [0.3, 0.4) is 0 Å². The number of nitrogens with one attached hydrogen (secondary N) is 1. The van der Waals surface area contributed by atoms with Gasteiger partial charge in [-0.15, -0.1) is 23.1 Å². The number of thiophene rings is 1. The highest BCUT2D eigenvalue weighted by molar-refractivity contribution is 8.01. The van der Waals surface area contributed by atoms with Crippen molar-refractivity contribution in [1.82, 2.24) is 5.32 Å². The lowest BCUT2D eigenvalue weighted by Gasteiger charge is -2.32. The number of thioether (sulfide) groups is 1. The van der Waals surface area contributed by atoms with Crippen LogP contribution in [-0.4, -0.2) is 11.8 Å². The molecule has 1 aromatic heterocycles. The zero-order valence-corrected chi connectivity index (χ0v) is 13.0. The topological polar surface area (TPSA) is 12.0 Å². The van der Waals surface area contributed by atoms with Gasteiger partial charge in [-0.2, -0.15) is 0 Å². The van der Waals surface area contributed by atoms with Crippen molar-refractivity contribution in [3.8, 4) is 0 Å². The van der Waals surface area contributed by atoms with Gasteiger partial charge in [0.25, 0.3) is 0 Å². The minimum Gasteiger partial charge on any atom is -0.309 e. The highest BCUT2D eigenvalue weighted by Gasteiger charge is 2.31. The molecule has 1 aromatic rings. The van der Waals surface area contributed by atoms with Gasteiger partial charge >= 0.3 is 0 Å². The standard InChI is InChI=1S/C15H23NS2/c1-11-9-13(12-5-8-17-14(12)18-11)16-10-15(2)6-3-4-7-15/h5,8,11,13,16H,3-4,6-7,9-10H2,1-2H3/t11-,13?/m0/s1. The van der Waals surface area contributed by atoms with Crippen LogP contribution in [0.25, 0.3) is 0 Å². The average Bonchev–Trinajstić information content (AvgIpc) is 2.95. The summed E-state index contributed by atoms with van der Waals surface area (Å²) >= 11 is 3.97. The van der Waals surface area contributed by atoms with E-state index in [0.717, 1.165) is 5.25 Å². The normalized spacial score (nSPS) is 30.3. The monoisotopic (exact) mass is 281 g/mol. The van der Waals surface area contributed by atoms with E-state index in [1.54, 1.807) is 9.77 Å². The predicted octanol–water partition coefficient (Wildman–Crippen LogP) is 4.84. The highest BCUT2D eigenvalue weighted by Crippen LogP contribution is 2.44. The molecule has 0 saturated heterocycles. The Morgan fingerprint density at radius 1 is 1.39 bits per heavy atom. The smallest absolute Gasteiger partial charge is 0.0649 e. The van der Waals surface area contributed by atoms with E-state index in [9.17, 15) is 0 Å². The first-order valence-electron chi connectivity index (χ1n) is 7.14. The maximum Gasteiger partial charge on any atom is 0.0649 e. The molecule has 0 radical (unpaired) electrons. The number of hydrogen-bond acceptors (Lipinski definition) is 3. The molecule has 2 atom stereocenters. The summed E-state index contributed by atoms with van der Waals surface area (Å²) < 4.78 is 1.54. The van der Waals surface area contributed by atoms with Gasteiger partial charge in [0.2, 0.25) is 0 Å². The summed E-state index contributed by atoms with van der Waals surface area (Å²) in [5.41, 5.74) is 2.12. The minimum absolute atomic E-state index is 0.560. The molecule has 1 saturated carbocycles. The lowest BCUT2D eigenvalue weighted by atomic mass is 9.88. The second kappa shape index (κ2) is 5.18. The Kier molecular flexibility index (Phi) is 3.75. The van der Waals surface area contributed by atoms with Crippen molar-refractivity contribution in [1.29, 1.82) is 0 Å². The fraction of sp³-hybridized carbons (Fsp3) is 0.733. The number of hydrogen-bond donors (Lipinski definition) is 1. The number of rotatable bonds is 3. The van der Waals surface area contributed by atoms with Gasteiger partial charge in [0.15, 0.2) is 0 Å². The Labute approximate surface area is 119 Å². The third-order valence-corrected chi connectivity index (χ3v) is 6.84. The van der Waals surface area contributed by atoms with Gasteiger partial charge < -0.3 is 5.32 Å². The molecular formula is C15H23NS2. The Morgan fingerprint density at radius 3 is 2.94 bits per heavy atom. The molecule has 1 fully saturated rings. The first-order chi connectivity index (χ1) is 8.66. The average molecular weight is 281 g/mol. The van der Waals surface area contributed by atoms with Crippen LogP contribution in [0.2, 0.25) is 0 Å². The van der Waals surface area contributed by atoms with Crippen LogP contribution in [0.4, 0.5) is 0 Å². The molecule has 1 nitrogen and oxygen atoms in total. The lowest BCUT2D eigenvalue weighted by molar-refractivity contribution is 0.292. The molecule has 100 valence electrons. The second-order valence-corrected chi connectivity index (χ2v) is 8.90. The summed E-state index contributed by atoms with van der Waals surface area (Å²) in [4.78, 5) is 0. The first-order valence-corrected chi connectivity index (χ1v) is 8.90. The van der Waals surface area contributed by atoms with Crippen molar-refractivity contribution >= 4 is 23.1 Å². The first kappa shape index (κ1) is 13.0. The van der Waals surface area contributed by atoms with E-state index in [-0.39, 0.29) is 0 Å². The molecule has 18 heavy (non-hydrogen) atoms. The second-order valence-electron chi connectivity index (χ2n) is 6.28. The summed E-state index contributed by atoms with van der Waals surface area (Å²) in [6.45, 7) is 6.02. The molecule has 0 aromatic carbocycles. The van der Waals surface area contributed by atoms with E-state index in [0.29, 0.717) is 11.5 Å². The molecule has 3 rings (SSSR count). The van der Waals surface area contributed by atoms with Crippen molar-refractivity contribution in [3.63, 3.8) is 0 Å². The van der Waals surface area contributed by atoms with Crippen molar-refractivity contribution in [2.24, 2.45) is 5.41 Å². The van der Waals surface area contributed by atoms with Crippen molar-refractivity contribution in [2.75, 3.05) is 6.54 Å². The molecular weight excluding hydrogens is 258 g/mol. The molecule has 2 heterocycles. The summed E-state index contributed by atoms with van der Waals surface area (Å²) in [5.74, 6) is 0. The van der Waals surface area contributed by atoms with Crippen LogP contribution in [0.5, 0.6) is 0 Å². The molecule has 2 aliphatic rings. The van der Waals surface area contributed by atoms with Crippen LogP contribution in [-0.2, 0) is 0 Å². The predicted molar refractivity (Wildman–Crippen MR) is 81.6 cm³/mol. The fourth-order valence-electron chi connectivity index (χ4n) is 3.32. The molecule has 1 aliphatic heterocycles. The minimum atomic E-state index is 0.560. The van der Waals surface area contributed by atoms with E-state index in [1.165, 1.54) is 38.6 Å². The Hall–Kier alpha value is 0.01000. The maximum atomic E-state index is 3.87. The zero-order valence-electron chi connectivity index (χ0n) is 11.4. The van der Waals surface area contributed by atoms with E-state index < -0.39 is 0 Å². The van der Waals surface area contributed by atoms with Crippen molar-refractivity contribution in [2.45, 2.75) is 61.5 Å². The van der Waals surface area contributed by atoms with E-state index in [4.69, 9.17) is 0 Å². The van der Waals surface area contributed by atoms with Gasteiger partial charge in [0.05, 0.1) is 4.21 Å². The van der Waals surface area contributed by atoms with Crippen LogP contribution in [0, 0.1) is 5.41 Å². The molecule has 0 amide bonds. The van der Waals surface area contributed by atoms with Gasteiger partial charge in [0, 0.05) is 17.8 Å². The summed E-state index contributed by atoms with van der Waals surface area (Å²) in [7, 11) is 0. The van der Waals surface area contributed by atoms with Gasteiger partial charge in [-0.25, -0.2) is 0 Å². The molecule has 1 unspecified atom stereocenters. The fourth-order valence-corrected chi connectivity index (χ4v) is 5.88. The van der Waals surface area contributed by atoms with Gasteiger partial charge in [-0.05, 0) is 41.7 Å². The van der Waals surface area contributed by atoms with E-state index in [1.807, 2.05) is 11.3 Å². The molecule has 1 aliphatic carbocycles. The summed E-state index contributed by atoms with van der Waals surface area (Å²) in [5, 5.41) is 6.88. The Bertz CT molecular complexity index is 406. The van der Waals surface area contributed by atoms with Crippen LogP contribution in [0.1, 0.15) is 57.6 Å². The van der Waals surface area contributed by atoms with Crippen LogP contribution >= 0.6 is 23.1 Å². The quantitative estimate of drug-likeness (QED) is 0.850. The third kappa shape index (κ3) is 2.63. The lowest BCUT2D eigenvalue weighted by Crippen LogP contribution is -2.34. The maximum absolute atomic E-state index is 3.87. The summed E-state index contributed by atoms with van der Waals surface area (Å²) in [6, 6.07) is 2.92. The third-order valence-electron chi connectivity index (χ3n) is 4.50. The van der Waals surface area contributed by atoms with Crippen molar-refractivity contribution < 1.29 is 0 Å². The molecule has 0 spiro atoms. The van der Waals surface area contributed by atoms with E-state index in [2.05, 4.69) is 42.4 Å². The molecule has 1 N–H and O–H groups in total. The highest BCUT2D eigenvalue weighted by atomic mass is 32.2. The van der Waals surface area contributed by atoms with Crippen LogP contribution in [0.15, 0.2) is 15.7 Å². The molecule has 0 bridgehead atoms. The van der Waals surface area contributed by atoms with Gasteiger partial charge in [0.1, 0.15) is 0 Å². The SMILES string of the molecule is C[C@H]1CC(NCC2(C)CCCC2)c2ccsc2S1. The van der Waals surface area contributed by atoms with Gasteiger partial charge in [-0.3, -0.25) is 0 Å². The van der Waals surface area contributed by atoms with Crippen molar-refractivity contribution in [3.05, 3.63) is 17.0 Å². The molecule has 3 heteroatoms. The Balaban J connectivity index is 1.66. The van der Waals surface area contributed by atoms with E-state index >= 15 is 0 Å². The largest absolute Gasteiger partial charge is 0.309 e. The van der Waals surface area contributed by atoms with Crippen LogP contribution < -0.4 is 5.32 Å². The van der Waals surface area contributed by atoms with Gasteiger partial charge in [-0.1, -0.05) is 26.7 Å². The Morgan fingerprint density at radius 2 is 2.17 bits per heavy atom. The summed E-state index contributed by atoms with van der Waals surface area (Å²) in [6.07, 6.45) is 6.96. The zero-order chi connectivity index (χ0) is 12.6.